The van der Waals surface area contributed by atoms with Crippen LogP contribution in [0.25, 0.3) is 22.4 Å². The van der Waals surface area contributed by atoms with Gasteiger partial charge in [0.1, 0.15) is 5.82 Å². The predicted molar refractivity (Wildman–Crippen MR) is 101 cm³/mol. The molecule has 1 heterocycles. The first-order chi connectivity index (χ1) is 11.2. The summed E-state index contributed by atoms with van der Waals surface area (Å²) in [6.45, 7) is 6.82. The second-order valence-electron chi connectivity index (χ2n) is 5.34. The molecular weight excluding hydrogens is 324 g/mol. The Morgan fingerprint density at radius 3 is 2.70 bits per heavy atom. The van der Waals surface area contributed by atoms with E-state index in [0.29, 0.717) is 0 Å². The number of halogens is 1. The van der Waals surface area contributed by atoms with E-state index in [1.807, 2.05) is 42.1 Å². The summed E-state index contributed by atoms with van der Waals surface area (Å²) in [4.78, 5) is 6.10. The molecule has 2 aromatic carbocycles. The van der Waals surface area contributed by atoms with Crippen LogP contribution in [0.5, 0.6) is 0 Å². The van der Waals surface area contributed by atoms with Crippen LogP contribution >= 0.6 is 23.4 Å². The van der Waals surface area contributed by atoms with Crippen LogP contribution in [-0.4, -0.2) is 15.3 Å². The van der Waals surface area contributed by atoms with Gasteiger partial charge >= 0.3 is 0 Å². The summed E-state index contributed by atoms with van der Waals surface area (Å²) in [6.07, 6.45) is 3.08. The Balaban J connectivity index is 2.11. The van der Waals surface area contributed by atoms with Crippen LogP contribution < -0.4 is 0 Å². The standard InChI is InChI=1S/C19H19ClN2S/c1-3-11-22-18-13-16(23-12-4-2)9-10-17(18)21-19(22)14-5-7-15(20)8-6-14/h3,5-10,13H,1,4,11-12H2,2H3. The number of fused-ring (bicyclic) bond motifs is 1. The third-order valence-electron chi connectivity index (χ3n) is 3.61. The molecule has 0 saturated heterocycles. The highest BCUT2D eigenvalue weighted by atomic mass is 35.5. The molecule has 0 unspecified atom stereocenters. The minimum Gasteiger partial charge on any atom is -0.320 e. The minimum atomic E-state index is 0.732. The van der Waals surface area contributed by atoms with Gasteiger partial charge < -0.3 is 4.57 Å². The average Bonchev–Trinajstić information content (AvgIpc) is 2.92. The van der Waals surface area contributed by atoms with Crippen LogP contribution in [0.3, 0.4) is 0 Å². The van der Waals surface area contributed by atoms with E-state index in [4.69, 9.17) is 16.6 Å². The summed E-state index contributed by atoms with van der Waals surface area (Å²) in [6, 6.07) is 14.3. The number of imidazole rings is 1. The van der Waals surface area contributed by atoms with E-state index in [1.165, 1.54) is 11.3 Å². The maximum absolute atomic E-state index is 6.00. The van der Waals surface area contributed by atoms with Crippen molar-refractivity contribution in [3.8, 4) is 11.4 Å². The zero-order valence-corrected chi connectivity index (χ0v) is 14.7. The van der Waals surface area contributed by atoms with Crippen molar-refractivity contribution in [2.24, 2.45) is 0 Å². The van der Waals surface area contributed by atoms with Crippen LogP contribution in [-0.2, 0) is 6.54 Å². The topological polar surface area (TPSA) is 17.8 Å². The Morgan fingerprint density at radius 1 is 1.22 bits per heavy atom. The quantitative estimate of drug-likeness (QED) is 0.401. The van der Waals surface area contributed by atoms with Crippen LogP contribution in [0.2, 0.25) is 5.02 Å². The van der Waals surface area contributed by atoms with Crippen molar-refractivity contribution < 1.29 is 0 Å². The zero-order valence-electron chi connectivity index (χ0n) is 13.1. The highest BCUT2D eigenvalue weighted by molar-refractivity contribution is 7.99. The molecule has 1 aromatic heterocycles. The van der Waals surface area contributed by atoms with Crippen molar-refractivity contribution >= 4 is 34.4 Å². The molecule has 0 saturated carbocycles. The monoisotopic (exact) mass is 342 g/mol. The average molecular weight is 343 g/mol. The molecule has 0 bridgehead atoms. The summed E-state index contributed by atoms with van der Waals surface area (Å²) in [7, 11) is 0. The Hall–Kier alpha value is -1.71. The van der Waals surface area contributed by atoms with E-state index in [1.54, 1.807) is 0 Å². The van der Waals surface area contributed by atoms with Gasteiger partial charge in [-0.15, -0.1) is 18.3 Å². The fourth-order valence-electron chi connectivity index (χ4n) is 2.55. The second kappa shape index (κ2) is 7.24. The molecule has 0 aliphatic heterocycles. The number of benzene rings is 2. The van der Waals surface area contributed by atoms with Crippen LogP contribution in [0.15, 0.2) is 60.0 Å². The van der Waals surface area contributed by atoms with Crippen molar-refractivity contribution in [3.63, 3.8) is 0 Å². The lowest BCUT2D eigenvalue weighted by atomic mass is 10.2. The van der Waals surface area contributed by atoms with E-state index >= 15 is 0 Å². The van der Waals surface area contributed by atoms with Gasteiger partial charge in [0.2, 0.25) is 0 Å². The Morgan fingerprint density at radius 2 is 2.00 bits per heavy atom. The third kappa shape index (κ3) is 3.46. The van der Waals surface area contributed by atoms with Gasteiger partial charge in [-0.1, -0.05) is 24.6 Å². The Labute approximate surface area is 146 Å². The molecule has 0 aliphatic rings. The van der Waals surface area contributed by atoms with Gasteiger partial charge in [-0.25, -0.2) is 4.98 Å². The summed E-state index contributed by atoms with van der Waals surface area (Å²) in [5, 5.41) is 0.735. The molecule has 0 atom stereocenters. The van der Waals surface area contributed by atoms with E-state index < -0.39 is 0 Å². The van der Waals surface area contributed by atoms with Gasteiger partial charge in [0.15, 0.2) is 0 Å². The van der Waals surface area contributed by atoms with Crippen molar-refractivity contribution in [2.45, 2.75) is 24.8 Å². The van der Waals surface area contributed by atoms with Gasteiger partial charge in [0, 0.05) is 22.0 Å². The number of nitrogens with zero attached hydrogens (tertiary/aromatic N) is 2. The first-order valence-electron chi connectivity index (χ1n) is 7.73. The number of aromatic nitrogens is 2. The predicted octanol–water partition coefficient (Wildman–Crippen LogP) is 6.04. The van der Waals surface area contributed by atoms with Crippen molar-refractivity contribution in [3.05, 3.63) is 60.1 Å². The van der Waals surface area contributed by atoms with Gasteiger partial charge in [0.05, 0.1) is 11.0 Å². The first-order valence-corrected chi connectivity index (χ1v) is 9.09. The number of thioether (sulfide) groups is 1. The first kappa shape index (κ1) is 16.2. The molecule has 0 fully saturated rings. The number of allylic oxidation sites excluding steroid dienone is 1. The molecule has 4 heteroatoms. The van der Waals surface area contributed by atoms with Crippen molar-refractivity contribution in [1.82, 2.24) is 9.55 Å². The van der Waals surface area contributed by atoms with Crippen molar-refractivity contribution in [1.29, 1.82) is 0 Å². The molecule has 0 radical (unpaired) electrons. The van der Waals surface area contributed by atoms with Crippen molar-refractivity contribution in [2.75, 3.05) is 5.75 Å². The summed E-state index contributed by atoms with van der Waals surface area (Å²) >= 11 is 7.89. The Bertz CT molecular complexity index is 821. The molecule has 0 aliphatic carbocycles. The summed E-state index contributed by atoms with van der Waals surface area (Å²) in [5.74, 6) is 2.08. The van der Waals surface area contributed by atoms with Gasteiger partial charge in [-0.2, -0.15) is 0 Å². The maximum atomic E-state index is 6.00. The smallest absolute Gasteiger partial charge is 0.141 e. The lowest BCUT2D eigenvalue weighted by Gasteiger charge is -2.07. The van der Waals surface area contributed by atoms with E-state index in [9.17, 15) is 0 Å². The lowest BCUT2D eigenvalue weighted by Crippen LogP contribution is -1.98. The maximum Gasteiger partial charge on any atom is 0.141 e. The minimum absolute atomic E-state index is 0.732. The zero-order chi connectivity index (χ0) is 16.2. The van der Waals surface area contributed by atoms with E-state index in [2.05, 4.69) is 36.3 Å². The number of hydrogen-bond donors (Lipinski definition) is 0. The molecular formula is C19H19ClN2S. The summed E-state index contributed by atoms with van der Waals surface area (Å²) in [5.41, 5.74) is 3.23. The second-order valence-corrected chi connectivity index (χ2v) is 6.95. The van der Waals surface area contributed by atoms with Crippen LogP contribution in [0.4, 0.5) is 0 Å². The van der Waals surface area contributed by atoms with Gasteiger partial charge in [0.25, 0.3) is 0 Å². The molecule has 23 heavy (non-hydrogen) atoms. The largest absolute Gasteiger partial charge is 0.320 e. The highest BCUT2D eigenvalue weighted by Gasteiger charge is 2.12. The molecule has 0 amide bonds. The van der Waals surface area contributed by atoms with Crippen LogP contribution in [0, 0.1) is 0 Å². The lowest BCUT2D eigenvalue weighted by molar-refractivity contribution is 0.861. The van der Waals surface area contributed by atoms with E-state index in [0.717, 1.165) is 39.7 Å². The molecule has 0 spiro atoms. The highest BCUT2D eigenvalue weighted by Crippen LogP contribution is 2.29. The fraction of sp³-hybridized carbons (Fsp3) is 0.211. The van der Waals surface area contributed by atoms with Gasteiger partial charge in [-0.3, -0.25) is 0 Å². The molecule has 2 nitrogen and oxygen atoms in total. The summed E-state index contributed by atoms with van der Waals surface area (Å²) < 4.78 is 2.21. The normalized spacial score (nSPS) is 11.0. The Kier molecular flexibility index (Phi) is 5.09. The molecule has 3 aromatic rings. The molecule has 0 N–H and O–H groups in total. The fourth-order valence-corrected chi connectivity index (χ4v) is 3.47. The SMILES string of the molecule is C=CCn1c(-c2ccc(Cl)cc2)nc2ccc(SCCC)cc21. The van der Waals surface area contributed by atoms with Gasteiger partial charge in [-0.05, 0) is 54.6 Å². The van der Waals surface area contributed by atoms with E-state index in [-0.39, 0.29) is 0 Å². The number of hydrogen-bond acceptors (Lipinski definition) is 2. The van der Waals surface area contributed by atoms with Crippen LogP contribution in [0.1, 0.15) is 13.3 Å². The molecule has 118 valence electrons. The number of rotatable bonds is 6. The molecule has 3 rings (SSSR count). The third-order valence-corrected chi connectivity index (χ3v) is 5.06.